The van der Waals surface area contributed by atoms with Gasteiger partial charge in [0.2, 0.25) is 0 Å². The molecule has 0 bridgehead atoms. The molecule has 104 valence electrons. The number of carbonyl (C=O) groups excluding carboxylic acids is 1. The summed E-state index contributed by atoms with van der Waals surface area (Å²) in [6.45, 7) is 0.420. The van der Waals surface area contributed by atoms with Gasteiger partial charge in [0, 0.05) is 13.7 Å². The molecule has 1 aromatic carbocycles. The summed E-state index contributed by atoms with van der Waals surface area (Å²) in [4.78, 5) is 12.1. The van der Waals surface area contributed by atoms with E-state index in [0.717, 1.165) is 19.3 Å². The lowest BCUT2D eigenvalue weighted by atomic mass is 9.80. The molecule has 0 unspecified atom stereocenters. The average Bonchev–Trinajstić information content (AvgIpc) is 2.37. The number of halogens is 1. The molecule has 0 aliphatic heterocycles. The molecule has 0 atom stereocenters. The van der Waals surface area contributed by atoms with Gasteiger partial charge in [0.15, 0.2) is 0 Å². The summed E-state index contributed by atoms with van der Waals surface area (Å²) < 4.78 is 18.9. The molecule has 6 heteroatoms. The van der Waals surface area contributed by atoms with Crippen LogP contribution in [0.25, 0.3) is 0 Å². The standard InChI is InChI=1S/C13H18FN3O2/c1-19-13(6-3-7-13)8-16-12(18)9-4-2-5-10(14)11(9)17-15/h2,4-5,17H,3,6-8,15H2,1H3,(H,16,18). The predicted molar refractivity (Wildman–Crippen MR) is 70.1 cm³/mol. The van der Waals surface area contributed by atoms with Crippen molar-refractivity contribution in [2.45, 2.75) is 24.9 Å². The van der Waals surface area contributed by atoms with E-state index in [0.29, 0.717) is 6.54 Å². The molecule has 0 spiro atoms. The van der Waals surface area contributed by atoms with Crippen molar-refractivity contribution in [3.8, 4) is 0 Å². The SMILES string of the molecule is COC1(CNC(=O)c2cccc(F)c2NN)CCC1. The first kappa shape index (κ1) is 13.8. The summed E-state index contributed by atoms with van der Waals surface area (Å²) in [5.74, 6) is 4.32. The fourth-order valence-electron chi connectivity index (χ4n) is 2.22. The van der Waals surface area contributed by atoms with Crippen molar-refractivity contribution >= 4 is 11.6 Å². The van der Waals surface area contributed by atoms with Gasteiger partial charge >= 0.3 is 0 Å². The van der Waals surface area contributed by atoms with Gasteiger partial charge in [-0.15, -0.1) is 0 Å². The molecule has 1 aliphatic rings. The Hall–Kier alpha value is -1.66. The van der Waals surface area contributed by atoms with Gasteiger partial charge in [-0.3, -0.25) is 10.6 Å². The molecule has 1 amide bonds. The molecule has 0 aromatic heterocycles. The highest BCUT2D eigenvalue weighted by Crippen LogP contribution is 2.34. The van der Waals surface area contributed by atoms with Crippen LogP contribution in [0.1, 0.15) is 29.6 Å². The van der Waals surface area contributed by atoms with E-state index in [1.165, 1.54) is 18.2 Å². The van der Waals surface area contributed by atoms with Crippen molar-refractivity contribution in [2.75, 3.05) is 19.1 Å². The summed E-state index contributed by atoms with van der Waals surface area (Å²) in [6.07, 6.45) is 2.95. The fourth-order valence-corrected chi connectivity index (χ4v) is 2.22. The van der Waals surface area contributed by atoms with Gasteiger partial charge in [-0.05, 0) is 31.4 Å². The summed E-state index contributed by atoms with van der Waals surface area (Å²) in [7, 11) is 1.64. The number of para-hydroxylation sites is 1. The van der Waals surface area contributed by atoms with E-state index in [2.05, 4.69) is 10.7 Å². The monoisotopic (exact) mass is 267 g/mol. The Morgan fingerprint density at radius 2 is 2.26 bits per heavy atom. The number of rotatable bonds is 5. The molecule has 0 radical (unpaired) electrons. The quantitative estimate of drug-likeness (QED) is 0.557. The Bertz CT molecular complexity index is 469. The number of ether oxygens (including phenoxy) is 1. The number of nitrogen functional groups attached to an aromatic ring is 1. The van der Waals surface area contributed by atoms with Crippen molar-refractivity contribution in [3.63, 3.8) is 0 Å². The fraction of sp³-hybridized carbons (Fsp3) is 0.462. The maximum atomic E-state index is 13.5. The van der Waals surface area contributed by atoms with Crippen molar-refractivity contribution in [1.29, 1.82) is 0 Å². The second-order valence-corrected chi connectivity index (χ2v) is 4.73. The first-order valence-corrected chi connectivity index (χ1v) is 6.20. The molecule has 2 rings (SSSR count). The molecule has 4 N–H and O–H groups in total. The van der Waals surface area contributed by atoms with Gasteiger partial charge in [0.05, 0.1) is 16.9 Å². The molecule has 1 saturated carbocycles. The van der Waals surface area contributed by atoms with E-state index in [4.69, 9.17) is 10.6 Å². The van der Waals surface area contributed by atoms with Crippen LogP contribution in [0.3, 0.4) is 0 Å². The highest BCUT2D eigenvalue weighted by atomic mass is 19.1. The van der Waals surface area contributed by atoms with E-state index in [-0.39, 0.29) is 22.8 Å². The topological polar surface area (TPSA) is 76.4 Å². The van der Waals surface area contributed by atoms with Gasteiger partial charge in [0.25, 0.3) is 5.91 Å². The van der Waals surface area contributed by atoms with Crippen LogP contribution in [0, 0.1) is 5.82 Å². The van der Waals surface area contributed by atoms with E-state index in [9.17, 15) is 9.18 Å². The number of methoxy groups -OCH3 is 1. The lowest BCUT2D eigenvalue weighted by Gasteiger charge is -2.40. The number of hydrazine groups is 1. The first-order valence-electron chi connectivity index (χ1n) is 6.20. The summed E-state index contributed by atoms with van der Waals surface area (Å²) in [6, 6.07) is 4.24. The van der Waals surface area contributed by atoms with Gasteiger partial charge in [-0.2, -0.15) is 0 Å². The minimum atomic E-state index is -0.555. The van der Waals surface area contributed by atoms with E-state index >= 15 is 0 Å². The molecule has 0 saturated heterocycles. The third-order valence-corrected chi connectivity index (χ3v) is 3.67. The predicted octanol–water partition coefficient (Wildman–Crippen LogP) is 1.41. The van der Waals surface area contributed by atoms with Gasteiger partial charge < -0.3 is 15.5 Å². The molecule has 1 aromatic rings. The maximum absolute atomic E-state index is 13.5. The third-order valence-electron chi connectivity index (χ3n) is 3.67. The molecule has 1 aliphatic carbocycles. The van der Waals surface area contributed by atoms with Gasteiger partial charge in [0.1, 0.15) is 5.82 Å². The summed E-state index contributed by atoms with van der Waals surface area (Å²) in [5.41, 5.74) is 2.14. The number of nitrogens with one attached hydrogen (secondary N) is 2. The number of nitrogens with two attached hydrogens (primary N) is 1. The zero-order chi connectivity index (χ0) is 13.9. The Labute approximate surface area is 111 Å². The van der Waals surface area contributed by atoms with Crippen LogP contribution in [0.2, 0.25) is 0 Å². The first-order chi connectivity index (χ1) is 9.12. The number of anilines is 1. The average molecular weight is 267 g/mol. The molecule has 5 nitrogen and oxygen atoms in total. The minimum Gasteiger partial charge on any atom is -0.376 e. The highest BCUT2D eigenvalue weighted by Gasteiger charge is 2.37. The summed E-state index contributed by atoms with van der Waals surface area (Å²) in [5, 5.41) is 2.77. The smallest absolute Gasteiger partial charge is 0.253 e. The van der Waals surface area contributed by atoms with Crippen molar-refractivity contribution in [1.82, 2.24) is 5.32 Å². The Balaban J connectivity index is 2.06. The molecule has 0 heterocycles. The van der Waals surface area contributed by atoms with Crippen LogP contribution in [0.5, 0.6) is 0 Å². The Morgan fingerprint density at radius 3 is 2.79 bits per heavy atom. The van der Waals surface area contributed by atoms with E-state index in [1.807, 2.05) is 0 Å². The molecule has 19 heavy (non-hydrogen) atoms. The van der Waals surface area contributed by atoms with Crippen LogP contribution in [0.4, 0.5) is 10.1 Å². The zero-order valence-electron chi connectivity index (χ0n) is 10.8. The van der Waals surface area contributed by atoms with Crippen LogP contribution < -0.4 is 16.6 Å². The van der Waals surface area contributed by atoms with Crippen molar-refractivity contribution < 1.29 is 13.9 Å². The van der Waals surface area contributed by atoms with Crippen LogP contribution in [-0.2, 0) is 4.74 Å². The van der Waals surface area contributed by atoms with Crippen LogP contribution in [0.15, 0.2) is 18.2 Å². The Morgan fingerprint density at radius 1 is 1.53 bits per heavy atom. The Kier molecular flexibility index (Phi) is 4.01. The van der Waals surface area contributed by atoms with Crippen molar-refractivity contribution in [3.05, 3.63) is 29.6 Å². The number of hydrogen-bond acceptors (Lipinski definition) is 4. The number of carbonyl (C=O) groups is 1. The number of amides is 1. The maximum Gasteiger partial charge on any atom is 0.253 e. The van der Waals surface area contributed by atoms with Gasteiger partial charge in [-0.25, -0.2) is 4.39 Å². The molecular weight excluding hydrogens is 249 g/mol. The minimum absolute atomic E-state index is 0.0000706. The van der Waals surface area contributed by atoms with Gasteiger partial charge in [-0.1, -0.05) is 6.07 Å². The normalized spacial score (nSPS) is 16.6. The third kappa shape index (κ3) is 2.69. The molecule has 1 fully saturated rings. The zero-order valence-corrected chi connectivity index (χ0v) is 10.8. The van der Waals surface area contributed by atoms with E-state index in [1.54, 1.807) is 7.11 Å². The van der Waals surface area contributed by atoms with Crippen LogP contribution in [-0.4, -0.2) is 25.2 Å². The lowest BCUT2D eigenvalue weighted by molar-refractivity contribution is -0.0679. The number of benzene rings is 1. The van der Waals surface area contributed by atoms with Crippen molar-refractivity contribution in [2.24, 2.45) is 5.84 Å². The molecular formula is C13H18FN3O2. The summed E-state index contributed by atoms with van der Waals surface area (Å²) >= 11 is 0. The van der Waals surface area contributed by atoms with Crippen LogP contribution >= 0.6 is 0 Å². The lowest BCUT2D eigenvalue weighted by Crippen LogP contribution is -2.49. The highest BCUT2D eigenvalue weighted by molar-refractivity contribution is 5.99. The largest absolute Gasteiger partial charge is 0.376 e. The van der Waals surface area contributed by atoms with E-state index < -0.39 is 5.82 Å². The second-order valence-electron chi connectivity index (χ2n) is 4.73. The number of hydrogen-bond donors (Lipinski definition) is 3. The second kappa shape index (κ2) is 5.54.